The van der Waals surface area contributed by atoms with E-state index in [9.17, 15) is 33.6 Å². The number of nitrogens with one attached hydrogen (secondary N) is 2. The van der Waals surface area contributed by atoms with Gasteiger partial charge in [0.25, 0.3) is 17.7 Å². The van der Waals surface area contributed by atoms with Crippen LogP contribution in [0.25, 0.3) is 0 Å². The lowest BCUT2D eigenvalue weighted by atomic mass is 9.91. The topological polar surface area (TPSA) is 224 Å². The van der Waals surface area contributed by atoms with Gasteiger partial charge in [-0.05, 0) is 111 Å². The predicted molar refractivity (Wildman–Crippen MR) is 268 cm³/mol. The number of imide groups is 2. The number of hydrogen-bond donors (Lipinski definition) is 2. The molecule has 0 aromatic heterocycles. The van der Waals surface area contributed by atoms with Crippen LogP contribution in [0.15, 0.2) is 72.8 Å². The Labute approximate surface area is 430 Å². The molecule has 0 bridgehead atoms. The van der Waals surface area contributed by atoms with Gasteiger partial charge in [0.1, 0.15) is 29.7 Å². The number of benzene rings is 4. The highest BCUT2D eigenvalue weighted by molar-refractivity contribution is 6.24. The number of nitrogens with zero attached hydrogens (tertiary/aromatic N) is 2. The Kier molecular flexibility index (Phi) is 18.4. The molecule has 0 radical (unpaired) electrons. The van der Waals surface area contributed by atoms with Gasteiger partial charge >= 0.3 is 5.97 Å². The van der Waals surface area contributed by atoms with E-state index >= 15 is 0 Å². The number of likely N-dealkylation sites (tertiary alicyclic amines) is 1. The third kappa shape index (κ3) is 12.2. The fourth-order valence-electron chi connectivity index (χ4n) is 9.64. The van der Waals surface area contributed by atoms with E-state index in [0.717, 1.165) is 10.5 Å². The molecule has 3 heterocycles. The van der Waals surface area contributed by atoms with Crippen molar-refractivity contribution in [1.82, 2.24) is 20.4 Å². The minimum Gasteiger partial charge on any atom is -0.493 e. The molecule has 4 aromatic rings. The first-order chi connectivity index (χ1) is 35.8. The molecule has 0 aliphatic carbocycles. The first-order valence-corrected chi connectivity index (χ1v) is 24.8. The second-order valence-electron chi connectivity index (χ2n) is 18.0. The van der Waals surface area contributed by atoms with Gasteiger partial charge in [0.15, 0.2) is 29.6 Å². The Balaban J connectivity index is 0.993. The van der Waals surface area contributed by atoms with Gasteiger partial charge in [0.05, 0.1) is 59.2 Å². The third-order valence-electron chi connectivity index (χ3n) is 13.5. The maximum Gasteiger partial charge on any atom is 0.329 e. The molecule has 394 valence electrons. The summed E-state index contributed by atoms with van der Waals surface area (Å²) in [6, 6.07) is 18.9. The monoisotopic (exact) mass is 1020 g/mol. The van der Waals surface area contributed by atoms with Crippen molar-refractivity contribution < 1.29 is 71.5 Å². The summed E-state index contributed by atoms with van der Waals surface area (Å²) >= 11 is 0. The van der Waals surface area contributed by atoms with Crippen LogP contribution in [0.4, 0.5) is 0 Å². The second-order valence-corrected chi connectivity index (χ2v) is 18.0. The van der Waals surface area contributed by atoms with E-state index in [1.54, 1.807) is 67.7 Å². The predicted octanol–water partition coefficient (Wildman–Crippen LogP) is 6.28. The number of unbranched alkanes of at least 4 members (excludes halogenated alkanes) is 1. The number of methoxy groups -OCH3 is 5. The summed E-state index contributed by atoms with van der Waals surface area (Å²) in [5.74, 6) is -1.36. The molecule has 4 aromatic carbocycles. The number of fused-ring (bicyclic) bond motifs is 1. The highest BCUT2D eigenvalue weighted by Gasteiger charge is 2.46. The van der Waals surface area contributed by atoms with Gasteiger partial charge in [-0.1, -0.05) is 37.3 Å². The molecule has 3 aliphatic heterocycles. The summed E-state index contributed by atoms with van der Waals surface area (Å²) in [6.45, 7) is 2.38. The van der Waals surface area contributed by atoms with E-state index in [1.165, 1.54) is 27.4 Å². The number of carbonyl (C=O) groups excluding carboxylic acids is 7. The van der Waals surface area contributed by atoms with Crippen LogP contribution in [0.2, 0.25) is 0 Å². The minimum absolute atomic E-state index is 0.0102. The average Bonchev–Trinajstić information content (AvgIpc) is 3.67. The first-order valence-electron chi connectivity index (χ1n) is 24.8. The van der Waals surface area contributed by atoms with Crippen molar-refractivity contribution in [2.24, 2.45) is 0 Å². The smallest absolute Gasteiger partial charge is 0.329 e. The number of carbonyl (C=O) groups is 7. The summed E-state index contributed by atoms with van der Waals surface area (Å²) in [5.41, 5.74) is 2.27. The maximum absolute atomic E-state index is 14.6. The molecule has 0 spiro atoms. The second kappa shape index (κ2) is 25.2. The van der Waals surface area contributed by atoms with E-state index in [-0.39, 0.29) is 55.4 Å². The molecule has 2 fully saturated rings. The van der Waals surface area contributed by atoms with E-state index < -0.39 is 59.6 Å². The molecule has 4 atom stereocenters. The zero-order valence-electron chi connectivity index (χ0n) is 42.7. The third-order valence-corrected chi connectivity index (χ3v) is 13.5. The number of para-hydroxylation sites is 1. The molecule has 1 unspecified atom stereocenters. The molecule has 19 nitrogen and oxygen atoms in total. The van der Waals surface area contributed by atoms with Crippen LogP contribution >= 0.6 is 0 Å². The van der Waals surface area contributed by atoms with Gasteiger partial charge in [-0.3, -0.25) is 39.0 Å². The zero-order valence-corrected chi connectivity index (χ0v) is 42.7. The van der Waals surface area contributed by atoms with Gasteiger partial charge in [0, 0.05) is 25.1 Å². The number of rotatable bonds is 24. The summed E-state index contributed by atoms with van der Waals surface area (Å²) in [6.07, 6.45) is 3.22. The van der Waals surface area contributed by atoms with Crippen LogP contribution in [0.5, 0.6) is 40.2 Å². The van der Waals surface area contributed by atoms with Crippen molar-refractivity contribution in [2.45, 2.75) is 95.2 Å². The zero-order chi connectivity index (χ0) is 52.9. The number of piperidine rings is 2. The summed E-state index contributed by atoms with van der Waals surface area (Å²) in [7, 11) is 7.65. The molecule has 6 amide bonds. The van der Waals surface area contributed by atoms with Gasteiger partial charge in [0.2, 0.25) is 23.5 Å². The fraction of sp³-hybridized carbons (Fsp3) is 0.436. The summed E-state index contributed by atoms with van der Waals surface area (Å²) < 4.78 is 46.2. The minimum atomic E-state index is -1.09. The van der Waals surface area contributed by atoms with E-state index in [0.29, 0.717) is 104 Å². The molecular weight excluding hydrogens is 957 g/mol. The normalized spacial score (nSPS) is 17.1. The molecule has 0 saturated carbocycles. The average molecular weight is 1020 g/mol. The van der Waals surface area contributed by atoms with Crippen molar-refractivity contribution in [1.29, 1.82) is 0 Å². The Morgan fingerprint density at radius 2 is 1.47 bits per heavy atom. The number of amides is 6. The molecule has 2 N–H and O–H groups in total. The quantitative estimate of drug-likeness (QED) is 0.0448. The van der Waals surface area contributed by atoms with Crippen LogP contribution in [-0.2, 0) is 35.1 Å². The lowest BCUT2D eigenvalue weighted by Gasteiger charge is -2.37. The van der Waals surface area contributed by atoms with Crippen LogP contribution in [-0.4, -0.2) is 125 Å². The van der Waals surface area contributed by atoms with Crippen LogP contribution in [0.1, 0.15) is 114 Å². The molecule has 2 saturated heterocycles. The fourth-order valence-corrected chi connectivity index (χ4v) is 9.64. The van der Waals surface area contributed by atoms with E-state index in [4.69, 9.17) is 37.9 Å². The van der Waals surface area contributed by atoms with Gasteiger partial charge in [-0.25, -0.2) is 4.79 Å². The first kappa shape index (κ1) is 54.0. The lowest BCUT2D eigenvalue weighted by Crippen LogP contribution is -2.54. The number of aryl methyl sites for hydroxylation is 1. The highest BCUT2D eigenvalue weighted by atomic mass is 16.6. The summed E-state index contributed by atoms with van der Waals surface area (Å²) in [5, 5.41) is 5.04. The standard InChI is InChI=1S/C55H64N4O15/c1-7-35(34-30-45(69-4)50(71-6)46(31-34)70-5)52(63)58-27-12-10-17-39(58)55(66)74-41(23-20-33-21-24-42(67-2)44(29-33)68-3)36-15-8-9-18-40(36)73-32-48(61)56-26-11-13-28-72-43-19-14-16-37-49(43)54(65)59(53(37)64)38-22-25-47(60)57-51(38)62/h8-9,14-16,18-19,21,24,29-31,35,38-39,41H,7,10-13,17,20,22-23,25-28,32H2,1-6H3,(H,56,61)(H,57,60,62)/t35-,38?,39-,41+/m0/s1. The van der Waals surface area contributed by atoms with E-state index in [2.05, 4.69) is 10.6 Å². The Hall–Kier alpha value is -7.83. The van der Waals surface area contributed by atoms with Crippen molar-refractivity contribution in [3.05, 3.63) is 101 Å². The van der Waals surface area contributed by atoms with E-state index in [1.807, 2.05) is 25.1 Å². The SMILES string of the molecule is CC[C@H](C(=O)N1CCCC[C@H]1C(=O)O[C@H](CCc1ccc(OC)c(OC)c1)c1ccccc1OCC(=O)NCCCCOc1cccc2c1C(=O)N(C1CCC(=O)NC1=O)C2=O)c1cc(OC)c(OC)c(OC)c1. The van der Waals surface area contributed by atoms with Crippen molar-refractivity contribution in [3.8, 4) is 40.2 Å². The number of hydrogen-bond acceptors (Lipinski definition) is 15. The highest BCUT2D eigenvalue weighted by Crippen LogP contribution is 2.42. The molecular formula is C55H64N4O15. The molecule has 7 rings (SSSR count). The Morgan fingerprint density at radius 1 is 0.743 bits per heavy atom. The van der Waals surface area contributed by atoms with Crippen LogP contribution in [0, 0.1) is 0 Å². The molecule has 3 aliphatic rings. The molecule has 74 heavy (non-hydrogen) atoms. The van der Waals surface area contributed by atoms with Gasteiger partial charge in [-0.15, -0.1) is 0 Å². The summed E-state index contributed by atoms with van der Waals surface area (Å²) in [4.78, 5) is 95.7. The largest absolute Gasteiger partial charge is 0.493 e. The lowest BCUT2D eigenvalue weighted by molar-refractivity contribution is -0.162. The Bertz CT molecular complexity index is 2700. The van der Waals surface area contributed by atoms with Gasteiger partial charge in [-0.2, -0.15) is 0 Å². The maximum atomic E-state index is 14.6. The van der Waals surface area contributed by atoms with Crippen molar-refractivity contribution in [2.75, 3.05) is 61.9 Å². The van der Waals surface area contributed by atoms with Gasteiger partial charge < -0.3 is 48.1 Å². The van der Waals surface area contributed by atoms with Crippen molar-refractivity contribution >= 4 is 41.4 Å². The number of ether oxygens (including phenoxy) is 8. The Morgan fingerprint density at radius 3 is 2.18 bits per heavy atom. The number of esters is 1. The molecule has 19 heteroatoms. The van der Waals surface area contributed by atoms with Crippen molar-refractivity contribution in [3.63, 3.8) is 0 Å². The van der Waals surface area contributed by atoms with Crippen LogP contribution in [0.3, 0.4) is 0 Å². The van der Waals surface area contributed by atoms with Crippen LogP contribution < -0.4 is 43.8 Å².